The van der Waals surface area contributed by atoms with Crippen LogP contribution in [-0.2, 0) is 33.8 Å². The number of hydrogen-bond acceptors (Lipinski definition) is 6. The quantitative estimate of drug-likeness (QED) is 0.262. The van der Waals surface area contributed by atoms with Gasteiger partial charge in [0.2, 0.25) is 0 Å². The highest BCUT2D eigenvalue weighted by Crippen LogP contribution is 2.38. The third-order valence-corrected chi connectivity index (χ3v) is 6.18. The van der Waals surface area contributed by atoms with Gasteiger partial charge in [0.05, 0.1) is 13.5 Å². The molecule has 0 heterocycles. The van der Waals surface area contributed by atoms with Gasteiger partial charge in [-0.15, -0.1) is 0 Å². The van der Waals surface area contributed by atoms with Crippen molar-refractivity contribution in [1.29, 1.82) is 0 Å². The normalized spacial score (nSPS) is 12.5. The second-order valence-corrected chi connectivity index (χ2v) is 11.1. The van der Waals surface area contributed by atoms with Crippen LogP contribution in [0.4, 0.5) is 18.0 Å². The fraction of sp³-hybridized carbons (Fsp3) is 0.375. The molecule has 7 nitrogen and oxygen atoms in total. The van der Waals surface area contributed by atoms with Crippen LogP contribution >= 0.6 is 0 Å². The van der Waals surface area contributed by atoms with E-state index in [9.17, 15) is 22.8 Å². The number of methoxy groups -OCH3 is 1. The fourth-order valence-electron chi connectivity index (χ4n) is 4.43. The molecule has 0 aliphatic rings. The van der Waals surface area contributed by atoms with Crippen LogP contribution in [0.15, 0.2) is 66.7 Å². The highest BCUT2D eigenvalue weighted by molar-refractivity contribution is 5.73. The van der Waals surface area contributed by atoms with Crippen LogP contribution in [0.25, 0.3) is 11.1 Å². The van der Waals surface area contributed by atoms with Gasteiger partial charge in [-0.05, 0) is 86.9 Å². The molecule has 1 atom stereocenters. The molecule has 0 spiro atoms. The zero-order chi connectivity index (χ0) is 31.1. The minimum Gasteiger partial charge on any atom is -0.489 e. The van der Waals surface area contributed by atoms with Crippen molar-refractivity contribution in [2.75, 3.05) is 21.2 Å². The molecule has 0 fully saturated rings. The number of esters is 1. The molecule has 10 heteroatoms. The summed E-state index contributed by atoms with van der Waals surface area (Å²) in [7, 11) is 4.06. The number of ether oxygens (including phenoxy) is 3. The standard InChI is InChI=1S/C32H37F3N2O5/c1-31(2,3)42-30(39)36-19-21-10-9-12-23(14-21)25-15-22(16-26(17-25)29(37(4)5)32(33,34)35)20-41-27-13-8-7-11-24(27)18-28(38)40-6/h7-17,29H,18-20H2,1-6H3,(H,36,39). The zero-order valence-electron chi connectivity index (χ0n) is 24.7. The highest BCUT2D eigenvalue weighted by atomic mass is 19.4. The van der Waals surface area contributed by atoms with Gasteiger partial charge in [-0.25, -0.2) is 4.79 Å². The third-order valence-electron chi connectivity index (χ3n) is 6.18. The molecular weight excluding hydrogens is 549 g/mol. The first kappa shape index (κ1) is 32.5. The second kappa shape index (κ2) is 13.7. The highest BCUT2D eigenvalue weighted by Gasteiger charge is 2.42. The average molecular weight is 587 g/mol. The first-order chi connectivity index (χ1) is 19.7. The second-order valence-electron chi connectivity index (χ2n) is 11.1. The van der Waals surface area contributed by atoms with Crippen molar-refractivity contribution in [3.63, 3.8) is 0 Å². The number of nitrogens with one attached hydrogen (secondary N) is 1. The van der Waals surface area contributed by atoms with E-state index >= 15 is 0 Å². The Balaban J connectivity index is 1.96. The molecule has 0 aromatic heterocycles. The van der Waals surface area contributed by atoms with Gasteiger partial charge < -0.3 is 19.5 Å². The third kappa shape index (κ3) is 9.51. The van der Waals surface area contributed by atoms with Gasteiger partial charge in [0.25, 0.3) is 0 Å². The number of carbonyl (C=O) groups excluding carboxylic acids is 2. The summed E-state index contributed by atoms with van der Waals surface area (Å²) >= 11 is 0. The molecule has 0 bridgehead atoms. The van der Waals surface area contributed by atoms with Gasteiger partial charge >= 0.3 is 18.2 Å². The summed E-state index contributed by atoms with van der Waals surface area (Å²) in [5.41, 5.74) is 2.52. The molecule has 1 amide bonds. The number of para-hydroxylation sites is 1. The molecule has 3 rings (SSSR count). The van der Waals surface area contributed by atoms with E-state index in [0.29, 0.717) is 28.0 Å². The van der Waals surface area contributed by atoms with Crippen molar-refractivity contribution in [1.82, 2.24) is 10.2 Å². The van der Waals surface area contributed by atoms with Gasteiger partial charge in [0.1, 0.15) is 24.0 Å². The summed E-state index contributed by atoms with van der Waals surface area (Å²) in [6.45, 7) is 5.44. The fourth-order valence-corrected chi connectivity index (χ4v) is 4.43. The predicted molar refractivity (Wildman–Crippen MR) is 154 cm³/mol. The summed E-state index contributed by atoms with van der Waals surface area (Å²) in [5, 5.41) is 2.70. The van der Waals surface area contributed by atoms with Crippen molar-refractivity contribution in [3.8, 4) is 16.9 Å². The molecule has 0 saturated heterocycles. The number of amides is 1. The number of nitrogens with zero attached hydrogens (tertiary/aromatic N) is 1. The van der Waals surface area contributed by atoms with Crippen molar-refractivity contribution < 1.29 is 37.0 Å². The van der Waals surface area contributed by atoms with Crippen LogP contribution in [0.1, 0.15) is 49.1 Å². The molecule has 1 N–H and O–H groups in total. The number of halogens is 3. The van der Waals surface area contributed by atoms with E-state index in [1.165, 1.54) is 33.3 Å². The lowest BCUT2D eigenvalue weighted by Crippen LogP contribution is -2.33. The smallest absolute Gasteiger partial charge is 0.408 e. The average Bonchev–Trinajstić information content (AvgIpc) is 2.89. The van der Waals surface area contributed by atoms with Crippen LogP contribution in [0, 0.1) is 0 Å². The van der Waals surface area contributed by atoms with Gasteiger partial charge in [-0.3, -0.25) is 9.69 Å². The number of benzene rings is 3. The maximum Gasteiger partial charge on any atom is 0.408 e. The summed E-state index contributed by atoms with van der Waals surface area (Å²) < 4.78 is 58.6. The summed E-state index contributed by atoms with van der Waals surface area (Å²) in [6.07, 6.45) is -5.09. The summed E-state index contributed by atoms with van der Waals surface area (Å²) in [5.74, 6) is 0.000393. The molecule has 0 saturated carbocycles. The van der Waals surface area contributed by atoms with E-state index in [2.05, 4.69) is 5.32 Å². The Morgan fingerprint density at radius 1 is 0.905 bits per heavy atom. The molecule has 1 unspecified atom stereocenters. The topological polar surface area (TPSA) is 77.1 Å². The minimum absolute atomic E-state index is 0.00113. The zero-order valence-corrected chi connectivity index (χ0v) is 24.7. The molecule has 0 radical (unpaired) electrons. The number of hydrogen-bond donors (Lipinski definition) is 1. The van der Waals surface area contributed by atoms with Crippen molar-refractivity contribution >= 4 is 12.1 Å². The lowest BCUT2D eigenvalue weighted by molar-refractivity contribution is -0.179. The Labute approximate surface area is 244 Å². The van der Waals surface area contributed by atoms with Gasteiger partial charge in [-0.2, -0.15) is 13.2 Å². The molecular formula is C32H37F3N2O5. The van der Waals surface area contributed by atoms with E-state index in [1.54, 1.807) is 63.2 Å². The maximum absolute atomic E-state index is 14.2. The molecule has 0 aliphatic carbocycles. The largest absolute Gasteiger partial charge is 0.489 e. The van der Waals surface area contributed by atoms with E-state index < -0.39 is 29.9 Å². The Morgan fingerprint density at radius 3 is 2.24 bits per heavy atom. The molecule has 42 heavy (non-hydrogen) atoms. The summed E-state index contributed by atoms with van der Waals surface area (Å²) in [6, 6.07) is 17.1. The SMILES string of the molecule is COC(=O)Cc1ccccc1OCc1cc(-c2cccc(CNC(=O)OC(C)(C)C)c2)cc(C(N(C)C)C(F)(F)F)c1. The predicted octanol–water partition coefficient (Wildman–Crippen LogP) is 6.84. The number of alkyl halides is 3. The Kier molecular flexibility index (Phi) is 10.6. The van der Waals surface area contributed by atoms with E-state index in [4.69, 9.17) is 14.2 Å². The van der Waals surface area contributed by atoms with Crippen LogP contribution in [0.3, 0.4) is 0 Å². The van der Waals surface area contributed by atoms with E-state index in [0.717, 1.165) is 10.5 Å². The van der Waals surface area contributed by atoms with Gasteiger partial charge in [0, 0.05) is 12.1 Å². The minimum atomic E-state index is -4.52. The van der Waals surface area contributed by atoms with Crippen LogP contribution in [-0.4, -0.2) is 49.9 Å². The number of carbonyl (C=O) groups is 2. The Bertz CT molecular complexity index is 1380. The van der Waals surface area contributed by atoms with Crippen LogP contribution < -0.4 is 10.1 Å². The molecule has 226 valence electrons. The van der Waals surface area contributed by atoms with Crippen LogP contribution in [0.5, 0.6) is 5.75 Å². The van der Waals surface area contributed by atoms with Crippen molar-refractivity contribution in [2.45, 2.75) is 58.2 Å². The molecule has 3 aromatic carbocycles. The molecule has 3 aromatic rings. The number of alkyl carbamates (subject to hydrolysis) is 1. The van der Waals surface area contributed by atoms with E-state index in [1.807, 2.05) is 12.1 Å². The Hall–Kier alpha value is -4.05. The lowest BCUT2D eigenvalue weighted by atomic mass is 9.95. The number of rotatable bonds is 10. The summed E-state index contributed by atoms with van der Waals surface area (Å²) in [4.78, 5) is 25.1. The Morgan fingerprint density at radius 2 is 1.60 bits per heavy atom. The van der Waals surface area contributed by atoms with Gasteiger partial charge in [-0.1, -0.05) is 42.5 Å². The van der Waals surface area contributed by atoms with Crippen LogP contribution in [0.2, 0.25) is 0 Å². The van der Waals surface area contributed by atoms with E-state index in [-0.39, 0.29) is 25.1 Å². The van der Waals surface area contributed by atoms with Gasteiger partial charge in [0.15, 0.2) is 0 Å². The van der Waals surface area contributed by atoms with Crippen molar-refractivity contribution in [2.24, 2.45) is 0 Å². The monoisotopic (exact) mass is 586 g/mol. The first-order valence-electron chi connectivity index (χ1n) is 13.4. The first-order valence-corrected chi connectivity index (χ1v) is 13.4. The van der Waals surface area contributed by atoms with Crippen molar-refractivity contribution in [3.05, 3.63) is 89.0 Å². The maximum atomic E-state index is 14.2. The lowest BCUT2D eigenvalue weighted by Gasteiger charge is -2.28. The molecule has 0 aliphatic heterocycles.